The maximum Gasteiger partial charge on any atom is 0.146 e. The molecule has 0 bridgehead atoms. The highest BCUT2D eigenvalue weighted by molar-refractivity contribution is 4.34. The van der Waals surface area contributed by atoms with Crippen molar-refractivity contribution in [2.45, 2.75) is 6.42 Å². The Bertz CT molecular complexity index is 25.2. The van der Waals surface area contributed by atoms with Gasteiger partial charge >= 0.3 is 0 Å². The summed E-state index contributed by atoms with van der Waals surface area (Å²) < 4.78 is 9.69. The molecule has 0 aromatic heterocycles. The van der Waals surface area contributed by atoms with Crippen molar-refractivity contribution in [2.75, 3.05) is 20.0 Å². The molecule has 1 fully saturated rings. The van der Waals surface area contributed by atoms with Crippen LogP contribution in [0, 0.1) is 0 Å². The van der Waals surface area contributed by atoms with Crippen molar-refractivity contribution in [1.82, 2.24) is 0 Å². The van der Waals surface area contributed by atoms with E-state index in [0.717, 1.165) is 19.6 Å². The molecule has 0 unspecified atom stereocenters. The minimum atomic E-state index is 0. The van der Waals surface area contributed by atoms with Crippen LogP contribution in [-0.2, 0) is 9.47 Å². The summed E-state index contributed by atoms with van der Waals surface area (Å²) in [6, 6.07) is 0. The lowest BCUT2D eigenvalue weighted by atomic mass is 10.5. The topological polar surface area (TPSA) is 18.5 Å². The molecule has 1 heterocycles. The third kappa shape index (κ3) is 2.53. The van der Waals surface area contributed by atoms with Crippen molar-refractivity contribution < 1.29 is 14.2 Å². The zero-order valence-corrected chi connectivity index (χ0v) is 4.05. The van der Waals surface area contributed by atoms with Gasteiger partial charge in [-0.25, -0.2) is 0 Å². The van der Waals surface area contributed by atoms with E-state index in [4.69, 9.17) is 9.47 Å². The van der Waals surface area contributed by atoms with Gasteiger partial charge in [0, 0.05) is 0 Å². The second-order valence-electron chi connectivity index (χ2n) is 1.29. The van der Waals surface area contributed by atoms with Crippen LogP contribution in [0.5, 0.6) is 0 Å². The van der Waals surface area contributed by atoms with E-state index in [2.05, 4.69) is 0 Å². The van der Waals surface area contributed by atoms with E-state index in [-0.39, 0.29) is 4.70 Å². The van der Waals surface area contributed by atoms with Gasteiger partial charge in [0.2, 0.25) is 0 Å². The van der Waals surface area contributed by atoms with Crippen LogP contribution in [0.1, 0.15) is 6.42 Å². The Morgan fingerprint density at radius 3 is 1.71 bits per heavy atom. The number of ether oxygens (including phenoxy) is 2. The number of hydrogen-bond donors (Lipinski definition) is 0. The molecule has 0 atom stereocenters. The minimum Gasteiger partial charge on any atom is -0.355 e. The van der Waals surface area contributed by atoms with E-state index in [9.17, 15) is 0 Å². The Morgan fingerprint density at radius 1 is 1.00 bits per heavy atom. The molecule has 0 aromatic rings. The molecule has 1 saturated heterocycles. The Hall–Kier alpha value is -0.150. The monoisotopic (exact) mass is 108 g/mol. The molecule has 0 N–H and O–H groups in total. The molecule has 0 radical (unpaired) electrons. The molecule has 2 nitrogen and oxygen atoms in total. The van der Waals surface area contributed by atoms with Gasteiger partial charge in [-0.15, -0.1) is 0 Å². The lowest BCUT2D eigenvalue weighted by Crippen LogP contribution is -2.11. The predicted octanol–water partition coefficient (Wildman–Crippen LogP) is 0.533. The highest BCUT2D eigenvalue weighted by Crippen LogP contribution is 1.91. The molecule has 7 heavy (non-hydrogen) atoms. The highest BCUT2D eigenvalue weighted by Gasteiger charge is 1.94. The standard InChI is InChI=1S/C4H8O2.FH/c1-2-5-4-6-3-1;/h1-4H2;1H. The van der Waals surface area contributed by atoms with E-state index in [1.807, 2.05) is 0 Å². The van der Waals surface area contributed by atoms with E-state index in [1.165, 1.54) is 0 Å². The van der Waals surface area contributed by atoms with Gasteiger partial charge < -0.3 is 9.47 Å². The quantitative estimate of drug-likeness (QED) is 0.450. The van der Waals surface area contributed by atoms with Crippen molar-refractivity contribution in [3.63, 3.8) is 0 Å². The summed E-state index contributed by atoms with van der Waals surface area (Å²) in [6.45, 7) is 2.25. The van der Waals surface area contributed by atoms with Crippen LogP contribution in [0.4, 0.5) is 4.70 Å². The van der Waals surface area contributed by atoms with Crippen molar-refractivity contribution in [3.05, 3.63) is 0 Å². The largest absolute Gasteiger partial charge is 0.355 e. The molecular weight excluding hydrogens is 99.0 g/mol. The summed E-state index contributed by atoms with van der Waals surface area (Å²) in [6.07, 6.45) is 1.06. The van der Waals surface area contributed by atoms with Crippen LogP contribution in [0.3, 0.4) is 0 Å². The van der Waals surface area contributed by atoms with Crippen molar-refractivity contribution >= 4 is 0 Å². The van der Waals surface area contributed by atoms with Crippen molar-refractivity contribution in [3.8, 4) is 0 Å². The van der Waals surface area contributed by atoms with Crippen LogP contribution in [0.2, 0.25) is 0 Å². The highest BCUT2D eigenvalue weighted by atomic mass is 19.0. The number of halogens is 1. The lowest BCUT2D eigenvalue weighted by Gasteiger charge is -2.09. The van der Waals surface area contributed by atoms with Crippen LogP contribution in [0.25, 0.3) is 0 Å². The SMILES string of the molecule is C1COCOC1.F. The van der Waals surface area contributed by atoms with Gasteiger partial charge in [-0.05, 0) is 6.42 Å². The molecule has 3 heteroatoms. The normalized spacial score (nSPS) is 20.6. The second kappa shape index (κ2) is 4.02. The van der Waals surface area contributed by atoms with Crippen LogP contribution in [-0.4, -0.2) is 20.0 Å². The molecule has 0 amide bonds. The average molecular weight is 108 g/mol. The fraction of sp³-hybridized carbons (Fsp3) is 1.00. The third-order valence-electron chi connectivity index (χ3n) is 0.744. The molecule has 0 spiro atoms. The minimum absolute atomic E-state index is 0. The van der Waals surface area contributed by atoms with Gasteiger partial charge in [0.15, 0.2) is 0 Å². The molecule has 44 valence electrons. The molecule has 1 aliphatic heterocycles. The maximum absolute atomic E-state index is 4.85. The van der Waals surface area contributed by atoms with Gasteiger partial charge in [0.1, 0.15) is 6.79 Å². The first-order valence-corrected chi connectivity index (χ1v) is 2.15. The summed E-state index contributed by atoms with van der Waals surface area (Å²) in [5.41, 5.74) is 0. The Labute approximate surface area is 41.8 Å². The number of hydrogen-bond acceptors (Lipinski definition) is 2. The zero-order chi connectivity index (χ0) is 4.24. The van der Waals surface area contributed by atoms with Crippen LogP contribution < -0.4 is 0 Å². The van der Waals surface area contributed by atoms with Crippen molar-refractivity contribution in [1.29, 1.82) is 0 Å². The van der Waals surface area contributed by atoms with Gasteiger partial charge in [-0.3, -0.25) is 4.70 Å². The van der Waals surface area contributed by atoms with E-state index >= 15 is 0 Å². The lowest BCUT2D eigenvalue weighted by molar-refractivity contribution is -0.0963. The summed E-state index contributed by atoms with van der Waals surface area (Å²) in [5.74, 6) is 0. The third-order valence-corrected chi connectivity index (χ3v) is 0.744. The molecule has 1 aliphatic rings. The van der Waals surface area contributed by atoms with Crippen LogP contribution >= 0.6 is 0 Å². The predicted molar refractivity (Wildman–Crippen MR) is 23.9 cm³/mol. The second-order valence-corrected chi connectivity index (χ2v) is 1.29. The van der Waals surface area contributed by atoms with Gasteiger partial charge in [-0.1, -0.05) is 0 Å². The zero-order valence-electron chi connectivity index (χ0n) is 4.05. The summed E-state index contributed by atoms with van der Waals surface area (Å²) in [7, 11) is 0. The first-order chi connectivity index (χ1) is 3.00. The first-order valence-electron chi connectivity index (χ1n) is 2.15. The summed E-state index contributed by atoms with van der Waals surface area (Å²) in [5, 5.41) is 0. The van der Waals surface area contributed by atoms with Crippen molar-refractivity contribution in [2.24, 2.45) is 0 Å². The molecular formula is C4H9FO2. The molecule has 0 saturated carbocycles. The van der Waals surface area contributed by atoms with Crippen LogP contribution in [0.15, 0.2) is 0 Å². The van der Waals surface area contributed by atoms with E-state index < -0.39 is 0 Å². The fourth-order valence-electron chi connectivity index (χ4n) is 0.440. The molecule has 0 aromatic carbocycles. The molecule has 1 rings (SSSR count). The Kier molecular flexibility index (Phi) is 3.93. The summed E-state index contributed by atoms with van der Waals surface area (Å²) in [4.78, 5) is 0. The Balaban J connectivity index is 0.000000360. The first kappa shape index (κ1) is 6.85. The Morgan fingerprint density at radius 2 is 1.57 bits per heavy atom. The van der Waals surface area contributed by atoms with E-state index in [1.54, 1.807) is 0 Å². The fourth-order valence-corrected chi connectivity index (χ4v) is 0.440. The average Bonchev–Trinajstić information content (AvgIpc) is 1.72. The van der Waals surface area contributed by atoms with Gasteiger partial charge in [0.25, 0.3) is 0 Å². The van der Waals surface area contributed by atoms with Gasteiger partial charge in [0.05, 0.1) is 13.2 Å². The van der Waals surface area contributed by atoms with Gasteiger partial charge in [-0.2, -0.15) is 0 Å². The smallest absolute Gasteiger partial charge is 0.146 e. The molecule has 0 aliphatic carbocycles. The number of rotatable bonds is 0. The summed E-state index contributed by atoms with van der Waals surface area (Å²) >= 11 is 0. The van der Waals surface area contributed by atoms with E-state index in [0.29, 0.717) is 6.79 Å². The maximum atomic E-state index is 4.85.